The predicted octanol–water partition coefficient (Wildman–Crippen LogP) is 6.91. The van der Waals surface area contributed by atoms with Crippen molar-refractivity contribution in [3.8, 4) is 0 Å². The quantitative estimate of drug-likeness (QED) is 0.383. The zero-order chi connectivity index (χ0) is 27.0. The van der Waals surface area contributed by atoms with Crippen LogP contribution in [-0.4, -0.2) is 54.5 Å². The summed E-state index contributed by atoms with van der Waals surface area (Å²) in [6, 6.07) is 4.74. The molecule has 0 N–H and O–H groups in total. The summed E-state index contributed by atoms with van der Waals surface area (Å²) >= 11 is 0. The van der Waals surface area contributed by atoms with Gasteiger partial charge in [-0.15, -0.1) is 12.4 Å². The molecule has 0 aromatic heterocycles. The Morgan fingerprint density at radius 3 is 2.03 bits per heavy atom. The molecule has 0 spiro atoms. The first-order valence-corrected chi connectivity index (χ1v) is 11.3. The van der Waals surface area contributed by atoms with Crippen molar-refractivity contribution < 1.29 is 35.5 Å². The summed E-state index contributed by atoms with van der Waals surface area (Å²) in [7, 11) is 5.16. The van der Waals surface area contributed by atoms with Gasteiger partial charge in [0.1, 0.15) is 5.82 Å². The molecular weight excluding hydrogens is 527 g/mol. The van der Waals surface area contributed by atoms with Gasteiger partial charge in [0.05, 0.1) is 17.2 Å². The number of carbonyl (C=O) groups is 1. The highest BCUT2D eigenvalue weighted by molar-refractivity contribution is 5.85. The zero-order valence-electron chi connectivity index (χ0n) is 20.8. The van der Waals surface area contributed by atoms with Gasteiger partial charge in [0.25, 0.3) is 0 Å². The Morgan fingerprint density at radius 2 is 1.54 bits per heavy atom. The van der Waals surface area contributed by atoms with Crippen LogP contribution in [0.15, 0.2) is 36.4 Å². The standard InChI is InChI=1S/C25H28F7N3O.ClH/c1-15-9-19(26)5-6-21(15)22-13-20(33(2)3)7-8-35(22)23(36)34(4)14-16-10-17(24(27,28)29)12-18(11-16)25(30,31)32;/h5-6,9-12,20,22H,7-8,13-14H2,1-4H3;1H/t20-,22+;/m0./s1. The number of nitrogens with zero attached hydrogens (tertiary/aromatic N) is 3. The van der Waals surface area contributed by atoms with Gasteiger partial charge in [0.2, 0.25) is 0 Å². The first-order valence-electron chi connectivity index (χ1n) is 11.3. The van der Waals surface area contributed by atoms with E-state index in [0.29, 0.717) is 37.1 Å². The number of benzene rings is 2. The van der Waals surface area contributed by atoms with E-state index in [-0.39, 0.29) is 30.1 Å². The lowest BCUT2D eigenvalue weighted by Crippen LogP contribution is -2.50. The first-order chi connectivity index (χ1) is 16.6. The molecule has 4 nitrogen and oxygen atoms in total. The van der Waals surface area contributed by atoms with E-state index in [1.54, 1.807) is 17.9 Å². The van der Waals surface area contributed by atoms with E-state index in [0.717, 1.165) is 10.5 Å². The molecule has 0 unspecified atom stereocenters. The fraction of sp³-hybridized carbons (Fsp3) is 0.480. The van der Waals surface area contributed by atoms with Crippen LogP contribution in [0.5, 0.6) is 0 Å². The van der Waals surface area contributed by atoms with Gasteiger partial charge in [0.15, 0.2) is 0 Å². The smallest absolute Gasteiger partial charge is 0.323 e. The molecule has 2 atom stereocenters. The Balaban J connectivity index is 0.00000481. The minimum Gasteiger partial charge on any atom is -0.323 e. The number of halogens is 8. The molecule has 2 aromatic carbocycles. The minimum atomic E-state index is -4.97. The van der Waals surface area contributed by atoms with Crippen LogP contribution in [0.25, 0.3) is 0 Å². The van der Waals surface area contributed by atoms with Crippen LogP contribution in [-0.2, 0) is 18.9 Å². The Morgan fingerprint density at radius 1 is 0.973 bits per heavy atom. The third kappa shape index (κ3) is 7.28. The zero-order valence-corrected chi connectivity index (χ0v) is 21.6. The van der Waals surface area contributed by atoms with Gasteiger partial charge in [-0.1, -0.05) is 6.07 Å². The number of hydrogen-bond donors (Lipinski definition) is 0. The van der Waals surface area contributed by atoms with Crippen molar-refractivity contribution in [3.63, 3.8) is 0 Å². The summed E-state index contributed by atoms with van der Waals surface area (Å²) in [4.78, 5) is 18.1. The van der Waals surface area contributed by atoms with Gasteiger partial charge in [-0.3, -0.25) is 0 Å². The Bertz CT molecular complexity index is 1070. The number of aryl methyl sites for hydroxylation is 1. The predicted molar refractivity (Wildman–Crippen MR) is 128 cm³/mol. The van der Waals surface area contributed by atoms with E-state index in [9.17, 15) is 35.5 Å². The number of likely N-dealkylation sites (tertiary alicyclic amines) is 1. The van der Waals surface area contributed by atoms with Crippen molar-refractivity contribution in [1.82, 2.24) is 14.7 Å². The largest absolute Gasteiger partial charge is 0.416 e. The number of rotatable bonds is 4. The van der Waals surface area contributed by atoms with E-state index in [2.05, 4.69) is 0 Å². The molecule has 12 heteroatoms. The highest BCUT2D eigenvalue weighted by atomic mass is 35.5. The lowest BCUT2D eigenvalue weighted by Gasteiger charge is -2.43. The molecule has 1 aliphatic rings. The van der Waals surface area contributed by atoms with Gasteiger partial charge in [-0.05, 0) is 80.9 Å². The second-order valence-corrected chi connectivity index (χ2v) is 9.40. The molecule has 2 aromatic rings. The summed E-state index contributed by atoms with van der Waals surface area (Å²) in [5.41, 5.74) is -1.76. The highest BCUT2D eigenvalue weighted by Gasteiger charge is 2.38. The summed E-state index contributed by atoms with van der Waals surface area (Å²) in [5.74, 6) is -0.420. The third-order valence-electron chi connectivity index (χ3n) is 6.54. The van der Waals surface area contributed by atoms with Crippen LogP contribution in [0.2, 0.25) is 0 Å². The van der Waals surface area contributed by atoms with Crippen molar-refractivity contribution in [2.45, 2.75) is 50.7 Å². The Hall–Kier alpha value is -2.53. The Labute approximate surface area is 217 Å². The molecule has 2 amide bonds. The lowest BCUT2D eigenvalue weighted by atomic mass is 9.89. The summed E-state index contributed by atoms with van der Waals surface area (Å²) in [5, 5.41) is 0. The van der Waals surface area contributed by atoms with Crippen LogP contribution < -0.4 is 0 Å². The van der Waals surface area contributed by atoms with Crippen molar-refractivity contribution in [2.75, 3.05) is 27.7 Å². The molecule has 0 aliphatic carbocycles. The van der Waals surface area contributed by atoms with Crippen molar-refractivity contribution in [1.29, 1.82) is 0 Å². The topological polar surface area (TPSA) is 26.8 Å². The summed E-state index contributed by atoms with van der Waals surface area (Å²) in [6.45, 7) is 1.60. The lowest BCUT2D eigenvalue weighted by molar-refractivity contribution is -0.143. The number of hydrogen-bond acceptors (Lipinski definition) is 2. The monoisotopic (exact) mass is 555 g/mol. The van der Waals surface area contributed by atoms with Crippen LogP contribution in [0.3, 0.4) is 0 Å². The number of amides is 2. The van der Waals surface area contributed by atoms with E-state index >= 15 is 0 Å². The van der Waals surface area contributed by atoms with Crippen molar-refractivity contribution in [2.24, 2.45) is 0 Å². The molecule has 0 bridgehead atoms. The van der Waals surface area contributed by atoms with E-state index in [1.807, 2.05) is 19.0 Å². The molecule has 206 valence electrons. The molecule has 1 heterocycles. The number of piperidine rings is 1. The molecular formula is C25H29ClF7N3O. The molecule has 1 aliphatic heterocycles. The van der Waals surface area contributed by atoms with Crippen molar-refractivity contribution >= 4 is 18.4 Å². The van der Waals surface area contributed by atoms with Crippen LogP contribution in [0.4, 0.5) is 35.5 Å². The number of carbonyl (C=O) groups excluding carboxylic acids is 1. The molecule has 0 saturated carbocycles. The normalized spacial score (nSPS) is 18.5. The maximum atomic E-state index is 13.7. The molecule has 37 heavy (non-hydrogen) atoms. The van der Waals surface area contributed by atoms with Crippen LogP contribution in [0, 0.1) is 12.7 Å². The summed E-state index contributed by atoms with van der Waals surface area (Å²) < 4.78 is 93.2. The second-order valence-electron chi connectivity index (χ2n) is 9.40. The van der Waals surface area contributed by atoms with Gasteiger partial charge in [-0.25, -0.2) is 9.18 Å². The fourth-order valence-electron chi connectivity index (χ4n) is 4.62. The number of urea groups is 1. The average Bonchev–Trinajstić information content (AvgIpc) is 2.76. The van der Waals surface area contributed by atoms with Crippen LogP contribution in [0.1, 0.15) is 46.7 Å². The van der Waals surface area contributed by atoms with E-state index < -0.39 is 47.9 Å². The number of alkyl halides is 6. The van der Waals surface area contributed by atoms with E-state index in [4.69, 9.17) is 0 Å². The van der Waals surface area contributed by atoms with Gasteiger partial charge in [0, 0.05) is 26.2 Å². The van der Waals surface area contributed by atoms with Crippen LogP contribution >= 0.6 is 12.4 Å². The molecule has 1 fully saturated rings. The highest BCUT2D eigenvalue weighted by Crippen LogP contribution is 2.38. The second kappa shape index (κ2) is 11.5. The molecule has 1 saturated heterocycles. The molecule has 3 rings (SSSR count). The first kappa shape index (κ1) is 30.7. The molecule has 0 radical (unpaired) electrons. The van der Waals surface area contributed by atoms with Gasteiger partial charge >= 0.3 is 18.4 Å². The fourth-order valence-corrected chi connectivity index (χ4v) is 4.62. The van der Waals surface area contributed by atoms with Gasteiger partial charge < -0.3 is 14.7 Å². The maximum absolute atomic E-state index is 13.7. The minimum absolute atomic E-state index is 0. The van der Waals surface area contributed by atoms with E-state index in [1.165, 1.54) is 19.2 Å². The third-order valence-corrected chi connectivity index (χ3v) is 6.54. The van der Waals surface area contributed by atoms with Crippen molar-refractivity contribution in [3.05, 3.63) is 70.0 Å². The van der Waals surface area contributed by atoms with Gasteiger partial charge in [-0.2, -0.15) is 26.3 Å². The Kier molecular flexibility index (Phi) is 9.51. The average molecular weight is 556 g/mol. The SMILES string of the molecule is Cc1cc(F)ccc1[C@H]1C[C@@H](N(C)C)CCN1C(=O)N(C)Cc1cc(C(F)(F)F)cc(C(F)(F)F)c1.Cl. The summed E-state index contributed by atoms with van der Waals surface area (Å²) in [6.07, 6.45) is -8.78. The maximum Gasteiger partial charge on any atom is 0.416 e.